The Labute approximate surface area is 112 Å². The summed E-state index contributed by atoms with van der Waals surface area (Å²) in [6.07, 6.45) is 0. The zero-order valence-corrected chi connectivity index (χ0v) is 10.9. The van der Waals surface area contributed by atoms with Crippen LogP contribution in [0.15, 0.2) is 42.5 Å². The molecule has 0 bridgehead atoms. The first-order valence-electron chi connectivity index (χ1n) is 5.77. The second kappa shape index (κ2) is 5.89. The van der Waals surface area contributed by atoms with Crippen LogP contribution in [0.25, 0.3) is 0 Å². The molecular weight excluding hydrogens is 248 g/mol. The smallest absolute Gasteiger partial charge is 0.125 e. The fraction of sp³-hybridized carbons (Fsp3) is 0.200. The third-order valence-electron chi connectivity index (χ3n) is 2.73. The minimum Gasteiger partial charge on any atom is -0.488 e. The van der Waals surface area contributed by atoms with Crippen LogP contribution in [0.5, 0.6) is 5.75 Å². The number of aliphatic hydroxyl groups excluding tert-OH is 1. The number of aryl methyl sites for hydroxylation is 1. The van der Waals surface area contributed by atoms with Crippen LogP contribution in [-0.2, 0) is 13.2 Å². The van der Waals surface area contributed by atoms with Crippen molar-refractivity contribution in [2.45, 2.75) is 20.1 Å². The van der Waals surface area contributed by atoms with E-state index in [9.17, 15) is 5.11 Å². The summed E-state index contributed by atoms with van der Waals surface area (Å²) in [6.45, 7) is 2.35. The van der Waals surface area contributed by atoms with Gasteiger partial charge in [-0.2, -0.15) is 0 Å². The second-order valence-electron chi connectivity index (χ2n) is 4.15. The molecule has 0 saturated carbocycles. The third kappa shape index (κ3) is 3.03. The second-order valence-corrected chi connectivity index (χ2v) is 4.56. The van der Waals surface area contributed by atoms with Gasteiger partial charge in [-0.25, -0.2) is 0 Å². The van der Waals surface area contributed by atoms with Crippen LogP contribution in [0.2, 0.25) is 5.02 Å². The summed E-state index contributed by atoms with van der Waals surface area (Å²) >= 11 is 6.06. The van der Waals surface area contributed by atoms with Gasteiger partial charge in [0.15, 0.2) is 0 Å². The summed E-state index contributed by atoms with van der Waals surface area (Å²) in [5, 5.41) is 9.98. The van der Waals surface area contributed by atoms with E-state index in [4.69, 9.17) is 16.3 Å². The molecule has 18 heavy (non-hydrogen) atoms. The van der Waals surface area contributed by atoms with Crippen LogP contribution in [0.3, 0.4) is 0 Å². The van der Waals surface area contributed by atoms with Crippen molar-refractivity contribution in [3.05, 3.63) is 64.2 Å². The van der Waals surface area contributed by atoms with Gasteiger partial charge in [-0.15, -0.1) is 0 Å². The molecule has 0 amide bonds. The highest BCUT2D eigenvalue weighted by molar-refractivity contribution is 6.31. The highest BCUT2D eigenvalue weighted by Crippen LogP contribution is 2.23. The molecule has 0 aliphatic rings. The molecule has 0 unspecified atom stereocenters. The van der Waals surface area contributed by atoms with Gasteiger partial charge >= 0.3 is 0 Å². The molecule has 1 N–H and O–H groups in total. The Morgan fingerprint density at radius 2 is 1.89 bits per heavy atom. The van der Waals surface area contributed by atoms with Gasteiger partial charge in [-0.1, -0.05) is 47.5 Å². The zero-order valence-electron chi connectivity index (χ0n) is 10.2. The molecular formula is C15H15ClO2. The molecule has 0 heterocycles. The lowest BCUT2D eigenvalue weighted by molar-refractivity contribution is 0.259. The predicted molar refractivity (Wildman–Crippen MR) is 72.9 cm³/mol. The van der Waals surface area contributed by atoms with Crippen molar-refractivity contribution in [2.24, 2.45) is 0 Å². The minimum atomic E-state index is -0.0282. The Morgan fingerprint density at radius 1 is 1.11 bits per heavy atom. The Kier molecular flexibility index (Phi) is 4.24. The van der Waals surface area contributed by atoms with Crippen molar-refractivity contribution in [3.63, 3.8) is 0 Å². The summed E-state index contributed by atoms with van der Waals surface area (Å²) in [7, 11) is 0. The number of aliphatic hydroxyl groups is 1. The molecule has 0 radical (unpaired) electrons. The van der Waals surface area contributed by atoms with Crippen molar-refractivity contribution < 1.29 is 9.84 Å². The molecule has 2 aromatic carbocycles. The molecule has 0 aliphatic heterocycles. The van der Waals surface area contributed by atoms with Gasteiger partial charge in [-0.3, -0.25) is 0 Å². The average Bonchev–Trinajstić information content (AvgIpc) is 2.39. The third-order valence-corrected chi connectivity index (χ3v) is 3.10. The van der Waals surface area contributed by atoms with Gasteiger partial charge in [-0.05, 0) is 19.1 Å². The van der Waals surface area contributed by atoms with E-state index in [0.717, 1.165) is 16.7 Å². The normalized spacial score (nSPS) is 10.4. The Morgan fingerprint density at radius 3 is 2.61 bits per heavy atom. The molecule has 0 aliphatic carbocycles. The van der Waals surface area contributed by atoms with Crippen molar-refractivity contribution in [1.29, 1.82) is 0 Å². The molecule has 2 aromatic rings. The van der Waals surface area contributed by atoms with Crippen molar-refractivity contribution in [2.75, 3.05) is 0 Å². The van der Waals surface area contributed by atoms with E-state index in [1.165, 1.54) is 0 Å². The molecule has 3 heteroatoms. The number of ether oxygens (including phenoxy) is 1. The molecule has 0 atom stereocenters. The lowest BCUT2D eigenvalue weighted by Gasteiger charge is -2.11. The molecule has 0 spiro atoms. The minimum absolute atomic E-state index is 0.0282. The lowest BCUT2D eigenvalue weighted by atomic mass is 10.1. The number of hydrogen-bond donors (Lipinski definition) is 1. The number of hydrogen-bond acceptors (Lipinski definition) is 2. The summed E-state index contributed by atoms with van der Waals surface area (Å²) in [5.74, 6) is 0.697. The van der Waals surface area contributed by atoms with E-state index >= 15 is 0 Å². The molecule has 2 nitrogen and oxygen atoms in total. The van der Waals surface area contributed by atoms with Crippen molar-refractivity contribution in [3.8, 4) is 5.75 Å². The van der Waals surface area contributed by atoms with E-state index in [1.807, 2.05) is 49.4 Å². The van der Waals surface area contributed by atoms with Crippen molar-refractivity contribution >= 4 is 11.6 Å². The highest BCUT2D eigenvalue weighted by atomic mass is 35.5. The van der Waals surface area contributed by atoms with Crippen LogP contribution in [0.4, 0.5) is 0 Å². The van der Waals surface area contributed by atoms with Gasteiger partial charge in [0.05, 0.1) is 6.61 Å². The van der Waals surface area contributed by atoms with E-state index in [0.29, 0.717) is 17.4 Å². The molecule has 2 rings (SSSR count). The Balaban J connectivity index is 2.13. The monoisotopic (exact) mass is 262 g/mol. The Hall–Kier alpha value is -1.51. The van der Waals surface area contributed by atoms with E-state index in [2.05, 4.69) is 0 Å². The van der Waals surface area contributed by atoms with Crippen LogP contribution in [0, 0.1) is 6.92 Å². The van der Waals surface area contributed by atoms with Crippen LogP contribution < -0.4 is 4.74 Å². The van der Waals surface area contributed by atoms with Gasteiger partial charge in [0.2, 0.25) is 0 Å². The summed E-state index contributed by atoms with van der Waals surface area (Å²) in [5.41, 5.74) is 2.83. The van der Waals surface area contributed by atoms with Gasteiger partial charge in [0.1, 0.15) is 12.4 Å². The van der Waals surface area contributed by atoms with Gasteiger partial charge < -0.3 is 9.84 Å². The summed E-state index contributed by atoms with van der Waals surface area (Å²) in [6, 6.07) is 13.3. The average molecular weight is 263 g/mol. The quantitative estimate of drug-likeness (QED) is 0.910. The SMILES string of the molecule is Cc1ccc(OCc2ccccc2Cl)c(CO)c1. The predicted octanol–water partition coefficient (Wildman–Crippen LogP) is 3.72. The van der Waals surface area contributed by atoms with Crippen molar-refractivity contribution in [1.82, 2.24) is 0 Å². The molecule has 0 saturated heterocycles. The maximum absolute atomic E-state index is 9.29. The lowest BCUT2D eigenvalue weighted by Crippen LogP contribution is -1.99. The fourth-order valence-electron chi connectivity index (χ4n) is 1.74. The first-order chi connectivity index (χ1) is 8.70. The fourth-order valence-corrected chi connectivity index (χ4v) is 1.93. The topological polar surface area (TPSA) is 29.5 Å². The van der Waals surface area contributed by atoms with Gasteiger partial charge in [0, 0.05) is 16.1 Å². The highest BCUT2D eigenvalue weighted by Gasteiger charge is 2.05. The van der Waals surface area contributed by atoms with E-state index < -0.39 is 0 Å². The number of rotatable bonds is 4. The largest absolute Gasteiger partial charge is 0.488 e. The maximum Gasteiger partial charge on any atom is 0.125 e. The number of benzene rings is 2. The Bertz CT molecular complexity index is 538. The number of halogens is 1. The molecule has 94 valence electrons. The van der Waals surface area contributed by atoms with Crippen LogP contribution in [0.1, 0.15) is 16.7 Å². The van der Waals surface area contributed by atoms with Crippen LogP contribution in [-0.4, -0.2) is 5.11 Å². The van der Waals surface area contributed by atoms with Gasteiger partial charge in [0.25, 0.3) is 0 Å². The maximum atomic E-state index is 9.29. The molecule has 0 aromatic heterocycles. The van der Waals surface area contributed by atoms with Crippen LogP contribution >= 0.6 is 11.6 Å². The first kappa shape index (κ1) is 12.9. The van der Waals surface area contributed by atoms with E-state index in [-0.39, 0.29) is 6.61 Å². The molecule has 0 fully saturated rings. The first-order valence-corrected chi connectivity index (χ1v) is 6.15. The summed E-state index contributed by atoms with van der Waals surface area (Å²) < 4.78 is 5.71. The van der Waals surface area contributed by atoms with E-state index in [1.54, 1.807) is 0 Å². The standard InChI is InChI=1S/C15H15ClO2/c1-11-6-7-15(13(8-11)9-17)18-10-12-4-2-3-5-14(12)16/h2-8,17H,9-10H2,1H3. The zero-order chi connectivity index (χ0) is 13.0. The summed E-state index contributed by atoms with van der Waals surface area (Å²) in [4.78, 5) is 0.